The number of nitrogens with zero attached hydrogens (tertiary/aromatic N) is 2. The minimum atomic E-state index is 0.887. The fourth-order valence-electron chi connectivity index (χ4n) is 9.52. The third kappa shape index (κ3) is 5.44. The summed E-state index contributed by atoms with van der Waals surface area (Å²) in [5.74, 6) is 0. The van der Waals surface area contributed by atoms with Crippen molar-refractivity contribution in [2.24, 2.45) is 0 Å². The monoisotopic (exact) mass is 766 g/mol. The van der Waals surface area contributed by atoms with Crippen LogP contribution in [0.25, 0.3) is 94.6 Å². The molecule has 11 aromatic rings. The van der Waals surface area contributed by atoms with Crippen LogP contribution in [0.1, 0.15) is 17.5 Å². The predicted octanol–water partition coefficient (Wildman–Crippen LogP) is 16.1. The first-order valence-electron chi connectivity index (χ1n) is 20.7. The highest BCUT2D eigenvalue weighted by molar-refractivity contribution is 6.18. The molecule has 2 heterocycles. The molecule has 1 aliphatic rings. The van der Waals surface area contributed by atoms with Crippen LogP contribution in [0, 0.1) is 0 Å². The average Bonchev–Trinajstić information content (AvgIpc) is 3.75. The van der Waals surface area contributed by atoms with Gasteiger partial charge < -0.3 is 13.9 Å². The Balaban J connectivity index is 1.04. The van der Waals surface area contributed by atoms with Crippen LogP contribution >= 0.6 is 0 Å². The minimum Gasteiger partial charge on any atom is -0.456 e. The maximum absolute atomic E-state index is 6.38. The van der Waals surface area contributed by atoms with Crippen LogP contribution in [0.4, 0.5) is 17.1 Å². The van der Waals surface area contributed by atoms with Crippen molar-refractivity contribution in [2.75, 3.05) is 4.90 Å². The molecule has 0 radical (unpaired) electrons. The fourth-order valence-corrected chi connectivity index (χ4v) is 9.52. The second-order valence-corrected chi connectivity index (χ2v) is 15.6. The van der Waals surface area contributed by atoms with Gasteiger partial charge in [-0.05, 0) is 106 Å². The molecule has 0 fully saturated rings. The summed E-state index contributed by atoms with van der Waals surface area (Å²) in [6.45, 7) is 0. The first-order chi connectivity index (χ1) is 29.8. The first-order valence-corrected chi connectivity index (χ1v) is 20.7. The summed E-state index contributed by atoms with van der Waals surface area (Å²) in [7, 11) is 0. The van der Waals surface area contributed by atoms with Gasteiger partial charge in [-0.15, -0.1) is 0 Å². The summed E-state index contributed by atoms with van der Waals surface area (Å²) < 4.78 is 8.80. The van der Waals surface area contributed by atoms with Crippen LogP contribution < -0.4 is 4.90 Å². The number of rotatable bonds is 6. The number of furan rings is 1. The molecule has 2 aromatic heterocycles. The lowest BCUT2D eigenvalue weighted by Gasteiger charge is -2.27. The second kappa shape index (κ2) is 13.9. The van der Waals surface area contributed by atoms with Gasteiger partial charge >= 0.3 is 0 Å². The summed E-state index contributed by atoms with van der Waals surface area (Å²) in [5, 5.41) is 7.08. The molecule has 0 saturated heterocycles. The number of allylic oxidation sites excluding steroid dienone is 2. The molecule has 0 amide bonds. The van der Waals surface area contributed by atoms with Crippen LogP contribution in [0.15, 0.2) is 211 Å². The lowest BCUT2D eigenvalue weighted by Crippen LogP contribution is -2.10. The van der Waals surface area contributed by atoms with E-state index >= 15 is 0 Å². The number of fused-ring (bicyclic) bond motifs is 8. The van der Waals surface area contributed by atoms with E-state index in [9.17, 15) is 0 Å². The molecule has 0 atom stereocenters. The summed E-state index contributed by atoms with van der Waals surface area (Å²) in [6.07, 6.45) is 9.93. The van der Waals surface area contributed by atoms with E-state index in [0.29, 0.717) is 0 Å². The van der Waals surface area contributed by atoms with Crippen LogP contribution in [0.3, 0.4) is 0 Å². The topological polar surface area (TPSA) is 21.3 Å². The van der Waals surface area contributed by atoms with Crippen molar-refractivity contribution in [2.45, 2.75) is 6.42 Å². The van der Waals surface area contributed by atoms with Crippen LogP contribution in [0.5, 0.6) is 0 Å². The number of para-hydroxylation sites is 2. The number of anilines is 3. The molecule has 12 rings (SSSR count). The zero-order valence-corrected chi connectivity index (χ0v) is 32.8. The Bertz CT molecular complexity index is 3520. The van der Waals surface area contributed by atoms with E-state index < -0.39 is 0 Å². The normalized spacial score (nSPS) is 12.5. The molecule has 3 heteroatoms. The lowest BCUT2D eigenvalue weighted by molar-refractivity contribution is 0.669. The van der Waals surface area contributed by atoms with Gasteiger partial charge in [0, 0.05) is 32.9 Å². The number of hydrogen-bond acceptors (Lipinski definition) is 2. The lowest BCUT2D eigenvalue weighted by atomic mass is 9.95. The van der Waals surface area contributed by atoms with Gasteiger partial charge in [0.05, 0.1) is 27.8 Å². The molecule has 9 aromatic carbocycles. The Hall–Kier alpha value is -7.88. The number of benzene rings is 9. The third-order valence-electron chi connectivity index (χ3n) is 12.2. The molecule has 1 aliphatic carbocycles. The highest BCUT2D eigenvalue weighted by Gasteiger charge is 2.21. The standard InChI is InChI=1S/C57H38N2O/c1-2-15-38-17-11-25-45(44(38)21-3-1)40-33-35-42(36-34-40)58(50-28-12-18-39-16-4-5-22-46(39)50)43-20-10-19-41(37-43)47-26-13-29-52-56(47)48-23-6-8-27-51(48)59(52)53-30-14-32-55-57(53)49-24-7-9-31-54(49)60-55/h2-37H,1H2. The van der Waals surface area contributed by atoms with Crippen molar-refractivity contribution in [1.82, 2.24) is 4.57 Å². The molecule has 0 saturated carbocycles. The largest absolute Gasteiger partial charge is 0.456 e. The van der Waals surface area contributed by atoms with Gasteiger partial charge in [-0.2, -0.15) is 0 Å². The van der Waals surface area contributed by atoms with Gasteiger partial charge in [0.15, 0.2) is 0 Å². The van der Waals surface area contributed by atoms with E-state index in [-0.39, 0.29) is 0 Å². The SMILES string of the molecule is C1=Cc2cccc(-c3ccc(N(c4cccc(-c5cccc6c5c5ccccc5n6-c5cccc6oc7ccccc7c56)c4)c4cccc5ccccc45)cc3)c2C=CC1. The summed E-state index contributed by atoms with van der Waals surface area (Å²) in [5.41, 5.74) is 15.8. The van der Waals surface area contributed by atoms with Crippen molar-refractivity contribution in [3.05, 3.63) is 217 Å². The van der Waals surface area contributed by atoms with Gasteiger partial charge in [0.2, 0.25) is 0 Å². The smallest absolute Gasteiger partial charge is 0.137 e. The summed E-state index contributed by atoms with van der Waals surface area (Å²) >= 11 is 0. The van der Waals surface area contributed by atoms with E-state index in [2.05, 4.69) is 222 Å². The van der Waals surface area contributed by atoms with Gasteiger partial charge in [-0.25, -0.2) is 0 Å². The maximum atomic E-state index is 6.38. The predicted molar refractivity (Wildman–Crippen MR) is 254 cm³/mol. The fraction of sp³-hybridized carbons (Fsp3) is 0.0175. The Kier molecular flexibility index (Phi) is 7.92. The molecule has 0 N–H and O–H groups in total. The maximum Gasteiger partial charge on any atom is 0.137 e. The molecule has 60 heavy (non-hydrogen) atoms. The van der Waals surface area contributed by atoms with Crippen molar-refractivity contribution >= 4 is 83.7 Å². The molecule has 3 nitrogen and oxygen atoms in total. The Morgan fingerprint density at radius 3 is 2.08 bits per heavy atom. The van der Waals surface area contributed by atoms with Gasteiger partial charge in [0.25, 0.3) is 0 Å². The van der Waals surface area contributed by atoms with E-state index in [4.69, 9.17) is 4.42 Å². The van der Waals surface area contributed by atoms with Gasteiger partial charge in [-0.1, -0.05) is 158 Å². The highest BCUT2D eigenvalue weighted by atomic mass is 16.3. The van der Waals surface area contributed by atoms with Gasteiger partial charge in [-0.3, -0.25) is 0 Å². The Morgan fingerprint density at radius 2 is 1.15 bits per heavy atom. The average molecular weight is 767 g/mol. The van der Waals surface area contributed by atoms with Crippen LogP contribution in [-0.4, -0.2) is 4.57 Å². The van der Waals surface area contributed by atoms with E-state index in [1.54, 1.807) is 0 Å². The zero-order chi connectivity index (χ0) is 39.6. The third-order valence-corrected chi connectivity index (χ3v) is 12.2. The minimum absolute atomic E-state index is 0.887. The molecule has 0 aliphatic heterocycles. The highest BCUT2D eigenvalue weighted by Crippen LogP contribution is 2.45. The van der Waals surface area contributed by atoms with Crippen LogP contribution in [0.2, 0.25) is 0 Å². The molecule has 0 unspecified atom stereocenters. The second-order valence-electron chi connectivity index (χ2n) is 15.6. The Morgan fingerprint density at radius 1 is 0.450 bits per heavy atom. The molecule has 0 bridgehead atoms. The van der Waals surface area contributed by atoms with Crippen molar-refractivity contribution in [3.8, 4) is 27.9 Å². The van der Waals surface area contributed by atoms with Gasteiger partial charge in [0.1, 0.15) is 11.2 Å². The zero-order valence-electron chi connectivity index (χ0n) is 32.8. The van der Waals surface area contributed by atoms with E-state index in [1.165, 1.54) is 49.4 Å². The quantitative estimate of drug-likeness (QED) is 0.168. The first kappa shape index (κ1) is 34.2. The molecular weight excluding hydrogens is 729 g/mol. The van der Waals surface area contributed by atoms with E-state index in [1.807, 2.05) is 6.07 Å². The molecule has 0 spiro atoms. The summed E-state index contributed by atoms with van der Waals surface area (Å²) in [4.78, 5) is 2.41. The number of hydrogen-bond donors (Lipinski definition) is 0. The van der Waals surface area contributed by atoms with E-state index in [0.717, 1.165) is 67.7 Å². The van der Waals surface area contributed by atoms with Crippen molar-refractivity contribution in [3.63, 3.8) is 0 Å². The van der Waals surface area contributed by atoms with Crippen molar-refractivity contribution in [1.29, 1.82) is 0 Å². The van der Waals surface area contributed by atoms with Crippen molar-refractivity contribution < 1.29 is 4.42 Å². The van der Waals surface area contributed by atoms with Crippen LogP contribution in [-0.2, 0) is 0 Å². The molecular formula is C57H38N2O. The Labute approximate surface area is 348 Å². The number of aromatic nitrogens is 1. The summed E-state index contributed by atoms with van der Waals surface area (Å²) in [6, 6.07) is 70.3. The molecule has 282 valence electrons.